The highest BCUT2D eigenvalue weighted by Gasteiger charge is 2.14. The molecular formula is C7H4Cl2O. The van der Waals surface area contributed by atoms with Gasteiger partial charge in [0.15, 0.2) is 5.58 Å². The number of halogens is 2. The summed E-state index contributed by atoms with van der Waals surface area (Å²) in [6.45, 7) is 1.91. The van der Waals surface area contributed by atoms with Crippen molar-refractivity contribution in [1.82, 2.24) is 0 Å². The number of benzene rings is 1. The van der Waals surface area contributed by atoms with Crippen molar-refractivity contribution in [2.75, 3.05) is 0 Å². The second-order valence-electron chi connectivity index (χ2n) is 2.23. The Balaban J connectivity index is 2.95. The van der Waals surface area contributed by atoms with Crippen molar-refractivity contribution in [1.29, 1.82) is 0 Å². The van der Waals surface area contributed by atoms with Crippen molar-refractivity contribution in [2.24, 2.45) is 0 Å². The van der Waals surface area contributed by atoms with Crippen LogP contribution in [0.2, 0.25) is 10.0 Å². The monoisotopic (exact) mass is 174 g/mol. The first kappa shape index (κ1) is 6.32. The quantitative estimate of drug-likeness (QED) is 0.597. The molecule has 1 nitrogen and oxygen atoms in total. The third-order valence-electron chi connectivity index (χ3n) is 1.58. The largest absolute Gasteiger partial charge is 0.454 e. The lowest BCUT2D eigenvalue weighted by Gasteiger charge is -1.87. The highest BCUT2D eigenvalue weighted by Crippen LogP contribution is 2.37. The number of rotatable bonds is 0. The average molecular weight is 175 g/mol. The molecule has 0 spiro atoms. The van der Waals surface area contributed by atoms with Gasteiger partial charge in [-0.15, -0.1) is 0 Å². The molecule has 3 heteroatoms. The van der Waals surface area contributed by atoms with Crippen LogP contribution in [0, 0.1) is 6.92 Å². The Kier molecular flexibility index (Phi) is 1.14. The van der Waals surface area contributed by atoms with Gasteiger partial charge in [-0.2, -0.15) is 0 Å². The van der Waals surface area contributed by atoms with Gasteiger partial charge in [0.05, 0.1) is 10.0 Å². The molecule has 2 rings (SSSR count). The summed E-state index contributed by atoms with van der Waals surface area (Å²) in [7, 11) is 0. The molecule has 0 fully saturated rings. The van der Waals surface area contributed by atoms with Gasteiger partial charge in [-0.1, -0.05) is 23.2 Å². The first-order valence-electron chi connectivity index (χ1n) is 2.86. The van der Waals surface area contributed by atoms with Crippen LogP contribution in [0.5, 0.6) is 0 Å². The predicted molar refractivity (Wildman–Crippen MR) is 42.2 cm³/mol. The van der Waals surface area contributed by atoms with Crippen LogP contribution in [0.15, 0.2) is 10.5 Å². The normalized spacial score (nSPS) is 11.5. The van der Waals surface area contributed by atoms with E-state index in [1.54, 1.807) is 6.07 Å². The first-order chi connectivity index (χ1) is 4.70. The van der Waals surface area contributed by atoms with E-state index in [4.69, 9.17) is 27.6 Å². The number of hydrogen-bond donors (Lipinski definition) is 0. The van der Waals surface area contributed by atoms with E-state index >= 15 is 0 Å². The van der Waals surface area contributed by atoms with Gasteiger partial charge < -0.3 is 4.42 Å². The minimum Gasteiger partial charge on any atom is -0.454 e. The molecule has 2 bridgehead atoms. The topological polar surface area (TPSA) is 13.1 Å². The van der Waals surface area contributed by atoms with Crippen LogP contribution in [0.4, 0.5) is 0 Å². The Morgan fingerprint density at radius 1 is 1.40 bits per heavy atom. The summed E-state index contributed by atoms with van der Waals surface area (Å²) in [6, 6.07) is 1.78. The van der Waals surface area contributed by atoms with Crippen LogP contribution in [0.3, 0.4) is 0 Å². The molecule has 2 heterocycles. The molecule has 10 heavy (non-hydrogen) atoms. The third-order valence-corrected chi connectivity index (χ3v) is 2.32. The van der Waals surface area contributed by atoms with Crippen LogP contribution in [-0.4, -0.2) is 0 Å². The van der Waals surface area contributed by atoms with E-state index in [0.29, 0.717) is 15.6 Å². The van der Waals surface area contributed by atoms with Gasteiger partial charge in [0, 0.05) is 11.6 Å². The summed E-state index contributed by atoms with van der Waals surface area (Å²) in [5, 5.41) is 1.24. The van der Waals surface area contributed by atoms with Gasteiger partial charge in [-0.25, -0.2) is 0 Å². The van der Waals surface area contributed by atoms with Crippen LogP contribution in [0.1, 0.15) is 5.56 Å². The van der Waals surface area contributed by atoms with E-state index in [1.807, 2.05) is 6.92 Å². The average Bonchev–Trinajstić information content (AvgIpc) is 2.36. The zero-order valence-corrected chi connectivity index (χ0v) is 6.75. The van der Waals surface area contributed by atoms with Gasteiger partial charge in [-0.3, -0.25) is 0 Å². The van der Waals surface area contributed by atoms with Crippen molar-refractivity contribution >= 4 is 34.4 Å². The van der Waals surface area contributed by atoms with E-state index in [0.717, 1.165) is 11.1 Å². The molecule has 0 saturated carbocycles. The maximum absolute atomic E-state index is 5.83. The second kappa shape index (κ2) is 1.80. The number of aryl methyl sites for hydroxylation is 1. The fourth-order valence-electron chi connectivity index (χ4n) is 0.982. The van der Waals surface area contributed by atoms with E-state index in [9.17, 15) is 0 Å². The highest BCUT2D eigenvalue weighted by atomic mass is 35.5. The zero-order valence-electron chi connectivity index (χ0n) is 5.24. The molecule has 2 aromatic rings. The first-order valence-corrected chi connectivity index (χ1v) is 3.62. The zero-order chi connectivity index (χ0) is 7.30. The van der Waals surface area contributed by atoms with Crippen LogP contribution in [0.25, 0.3) is 11.2 Å². The van der Waals surface area contributed by atoms with Crippen molar-refractivity contribution in [3.05, 3.63) is 21.7 Å². The smallest absolute Gasteiger partial charge is 0.165 e. The molecule has 0 aliphatic carbocycles. The van der Waals surface area contributed by atoms with Crippen molar-refractivity contribution in [3.63, 3.8) is 0 Å². The maximum atomic E-state index is 5.83. The molecule has 0 amide bonds. The van der Waals surface area contributed by atoms with E-state index in [-0.39, 0.29) is 0 Å². The molecule has 52 valence electrons. The summed E-state index contributed by atoms with van der Waals surface area (Å²) in [5.74, 6) is 0. The lowest BCUT2D eigenvalue weighted by atomic mass is 10.2. The highest BCUT2D eigenvalue weighted by molar-refractivity contribution is 6.41. The molecule has 0 unspecified atom stereocenters. The lowest BCUT2D eigenvalue weighted by molar-refractivity contribution is 0.674. The molecule has 0 saturated heterocycles. The number of furan rings is 2. The SMILES string of the molecule is Cc1c(Cl)c2oc1cc2Cl. The van der Waals surface area contributed by atoms with Gasteiger partial charge in [0.2, 0.25) is 0 Å². The van der Waals surface area contributed by atoms with Gasteiger partial charge >= 0.3 is 0 Å². The van der Waals surface area contributed by atoms with E-state index < -0.39 is 0 Å². The summed E-state index contributed by atoms with van der Waals surface area (Å²) in [5.41, 5.74) is 2.36. The van der Waals surface area contributed by atoms with Gasteiger partial charge in [0.25, 0.3) is 0 Å². The number of hydrogen-bond acceptors (Lipinski definition) is 1. The van der Waals surface area contributed by atoms with Crippen molar-refractivity contribution in [3.8, 4) is 0 Å². The Bertz CT molecular complexity index is 364. The van der Waals surface area contributed by atoms with Crippen LogP contribution >= 0.6 is 23.2 Å². The lowest BCUT2D eigenvalue weighted by Crippen LogP contribution is -1.68. The molecule has 0 aliphatic heterocycles. The minimum atomic E-state index is 0.602. The Hall–Kier alpha value is -0.400. The van der Waals surface area contributed by atoms with Gasteiger partial charge in [-0.05, 0) is 6.92 Å². The standard InChI is InChI=1S/C7H4Cl2O/c1-3-5-2-4(8)7(10-5)6(3)9/h2H,1H3. The summed E-state index contributed by atoms with van der Waals surface area (Å²) in [4.78, 5) is 0. The minimum absolute atomic E-state index is 0.602. The molecule has 0 aliphatic rings. The third kappa shape index (κ3) is 0.594. The van der Waals surface area contributed by atoms with E-state index in [1.165, 1.54) is 0 Å². The molecule has 0 atom stereocenters. The Morgan fingerprint density at radius 3 is 2.50 bits per heavy atom. The summed E-state index contributed by atoms with van der Waals surface area (Å²) >= 11 is 11.6. The summed E-state index contributed by atoms with van der Waals surface area (Å²) in [6.07, 6.45) is 0. The fraction of sp³-hybridized carbons (Fsp3) is 0.143. The van der Waals surface area contributed by atoms with Gasteiger partial charge in [0.1, 0.15) is 5.58 Å². The van der Waals surface area contributed by atoms with Crippen LogP contribution < -0.4 is 0 Å². The molecule has 0 radical (unpaired) electrons. The van der Waals surface area contributed by atoms with Crippen molar-refractivity contribution < 1.29 is 4.42 Å². The predicted octanol–water partition coefficient (Wildman–Crippen LogP) is 3.49. The number of fused-ring (bicyclic) bond motifs is 2. The Labute approximate surface area is 67.9 Å². The van der Waals surface area contributed by atoms with Crippen molar-refractivity contribution in [2.45, 2.75) is 6.92 Å². The summed E-state index contributed by atoms with van der Waals surface area (Å²) < 4.78 is 5.21. The molecule has 2 aromatic heterocycles. The van der Waals surface area contributed by atoms with Crippen LogP contribution in [-0.2, 0) is 0 Å². The fourth-order valence-corrected chi connectivity index (χ4v) is 1.50. The maximum Gasteiger partial charge on any atom is 0.165 e. The Morgan fingerprint density at radius 2 is 2.10 bits per heavy atom. The molecular weight excluding hydrogens is 171 g/mol. The molecule has 0 N–H and O–H groups in total. The molecule has 0 aromatic carbocycles. The van der Waals surface area contributed by atoms with E-state index in [2.05, 4.69) is 0 Å². The second-order valence-corrected chi connectivity index (χ2v) is 3.01.